The van der Waals surface area contributed by atoms with Crippen LogP contribution in [0, 0.1) is 5.92 Å². The maximum Gasteiger partial charge on any atom is 0.165 e. The SMILES string of the molecule is CCCc1ccc(C(=O)C(C)CCCC(C)N)cc1. The number of carbonyl (C=O) groups excluding carboxylic acids is 1. The van der Waals surface area contributed by atoms with Crippen LogP contribution >= 0.6 is 0 Å². The maximum absolute atomic E-state index is 12.3. The first-order valence-corrected chi connectivity index (χ1v) is 7.43. The Kier molecular flexibility index (Phi) is 6.79. The lowest BCUT2D eigenvalue weighted by Crippen LogP contribution is -2.16. The first-order chi connectivity index (χ1) is 9.04. The van der Waals surface area contributed by atoms with E-state index in [1.165, 1.54) is 5.56 Å². The number of rotatable bonds is 8. The third-order valence-electron chi connectivity index (χ3n) is 3.52. The summed E-state index contributed by atoms with van der Waals surface area (Å²) >= 11 is 0. The molecule has 2 N–H and O–H groups in total. The number of hydrogen-bond donors (Lipinski definition) is 1. The molecular weight excluding hydrogens is 234 g/mol. The van der Waals surface area contributed by atoms with Crippen LogP contribution in [0.5, 0.6) is 0 Å². The van der Waals surface area contributed by atoms with Crippen LogP contribution in [-0.4, -0.2) is 11.8 Å². The van der Waals surface area contributed by atoms with Crippen molar-refractivity contribution in [2.45, 2.75) is 58.9 Å². The van der Waals surface area contributed by atoms with Crippen LogP contribution in [0.25, 0.3) is 0 Å². The summed E-state index contributed by atoms with van der Waals surface area (Å²) in [4.78, 5) is 12.3. The molecule has 2 atom stereocenters. The number of benzene rings is 1. The number of aryl methyl sites for hydroxylation is 1. The lowest BCUT2D eigenvalue weighted by Gasteiger charge is -2.12. The smallest absolute Gasteiger partial charge is 0.165 e. The Balaban J connectivity index is 2.51. The summed E-state index contributed by atoms with van der Waals surface area (Å²) in [7, 11) is 0. The number of carbonyl (C=O) groups is 1. The van der Waals surface area contributed by atoms with Crippen LogP contribution in [0.15, 0.2) is 24.3 Å². The fourth-order valence-electron chi connectivity index (χ4n) is 2.29. The van der Waals surface area contributed by atoms with Gasteiger partial charge in [0.2, 0.25) is 0 Å². The summed E-state index contributed by atoms with van der Waals surface area (Å²) in [6, 6.07) is 8.32. The Morgan fingerprint density at radius 2 is 1.79 bits per heavy atom. The molecule has 0 fully saturated rings. The topological polar surface area (TPSA) is 43.1 Å². The molecule has 0 amide bonds. The molecule has 2 heteroatoms. The van der Waals surface area contributed by atoms with Crippen molar-refractivity contribution in [3.8, 4) is 0 Å². The zero-order valence-corrected chi connectivity index (χ0v) is 12.5. The Morgan fingerprint density at radius 3 is 2.32 bits per heavy atom. The quantitative estimate of drug-likeness (QED) is 0.719. The zero-order chi connectivity index (χ0) is 14.3. The molecule has 0 spiro atoms. The van der Waals surface area contributed by atoms with Crippen LogP contribution in [0.1, 0.15) is 62.4 Å². The highest BCUT2D eigenvalue weighted by atomic mass is 16.1. The zero-order valence-electron chi connectivity index (χ0n) is 12.5. The van der Waals surface area contributed by atoms with Gasteiger partial charge in [-0.05, 0) is 31.7 Å². The van der Waals surface area contributed by atoms with Crippen molar-refractivity contribution in [1.29, 1.82) is 0 Å². The summed E-state index contributed by atoms with van der Waals surface area (Å²) in [5, 5.41) is 0. The fraction of sp³-hybridized carbons (Fsp3) is 0.588. The number of ketones is 1. The third-order valence-corrected chi connectivity index (χ3v) is 3.52. The van der Waals surface area contributed by atoms with Gasteiger partial charge in [0.25, 0.3) is 0 Å². The van der Waals surface area contributed by atoms with E-state index in [1.54, 1.807) is 0 Å². The first-order valence-electron chi connectivity index (χ1n) is 7.43. The van der Waals surface area contributed by atoms with E-state index in [9.17, 15) is 4.79 Å². The molecule has 0 saturated carbocycles. The van der Waals surface area contributed by atoms with Gasteiger partial charge in [-0.1, -0.05) is 51.0 Å². The Labute approximate surface area is 117 Å². The van der Waals surface area contributed by atoms with E-state index in [-0.39, 0.29) is 17.7 Å². The van der Waals surface area contributed by atoms with E-state index in [0.29, 0.717) is 0 Å². The van der Waals surface area contributed by atoms with Gasteiger partial charge in [-0.3, -0.25) is 4.79 Å². The van der Waals surface area contributed by atoms with Gasteiger partial charge in [0.05, 0.1) is 0 Å². The predicted octanol–water partition coefficient (Wildman–Crippen LogP) is 3.98. The molecule has 0 heterocycles. The average molecular weight is 261 g/mol. The van der Waals surface area contributed by atoms with E-state index in [0.717, 1.165) is 37.7 Å². The van der Waals surface area contributed by atoms with E-state index >= 15 is 0 Å². The maximum atomic E-state index is 12.3. The second kappa shape index (κ2) is 8.11. The molecule has 0 radical (unpaired) electrons. The van der Waals surface area contributed by atoms with Gasteiger partial charge in [-0.2, -0.15) is 0 Å². The minimum Gasteiger partial charge on any atom is -0.328 e. The van der Waals surface area contributed by atoms with Gasteiger partial charge in [0.15, 0.2) is 5.78 Å². The minimum absolute atomic E-state index is 0.0933. The van der Waals surface area contributed by atoms with Crippen molar-refractivity contribution in [2.75, 3.05) is 0 Å². The second-order valence-corrected chi connectivity index (χ2v) is 5.62. The van der Waals surface area contributed by atoms with Crippen LogP contribution in [0.2, 0.25) is 0 Å². The Bertz CT molecular complexity index is 381. The van der Waals surface area contributed by atoms with Crippen molar-refractivity contribution < 1.29 is 4.79 Å². The van der Waals surface area contributed by atoms with Gasteiger partial charge in [0, 0.05) is 17.5 Å². The van der Waals surface area contributed by atoms with Crippen molar-refractivity contribution in [2.24, 2.45) is 11.7 Å². The van der Waals surface area contributed by atoms with Crippen molar-refractivity contribution in [3.63, 3.8) is 0 Å². The highest BCUT2D eigenvalue weighted by Crippen LogP contribution is 2.16. The van der Waals surface area contributed by atoms with Crippen molar-refractivity contribution in [1.82, 2.24) is 0 Å². The molecule has 2 nitrogen and oxygen atoms in total. The van der Waals surface area contributed by atoms with Crippen molar-refractivity contribution >= 4 is 5.78 Å². The average Bonchev–Trinajstić information content (AvgIpc) is 2.38. The molecule has 1 rings (SSSR count). The predicted molar refractivity (Wildman–Crippen MR) is 81.4 cm³/mol. The molecule has 2 unspecified atom stereocenters. The first kappa shape index (κ1) is 15.9. The normalized spacial score (nSPS) is 14.1. The van der Waals surface area contributed by atoms with E-state index < -0.39 is 0 Å². The lowest BCUT2D eigenvalue weighted by molar-refractivity contribution is 0.0922. The third kappa shape index (κ3) is 5.56. The number of Topliss-reactive ketones (excluding diaryl/α,β-unsaturated/α-hetero) is 1. The fourth-order valence-corrected chi connectivity index (χ4v) is 2.29. The number of hydrogen-bond acceptors (Lipinski definition) is 2. The number of nitrogens with two attached hydrogens (primary N) is 1. The van der Waals surface area contributed by atoms with Crippen molar-refractivity contribution in [3.05, 3.63) is 35.4 Å². The summed E-state index contributed by atoms with van der Waals surface area (Å²) in [6.45, 7) is 6.20. The Hall–Kier alpha value is -1.15. The summed E-state index contributed by atoms with van der Waals surface area (Å²) in [5.41, 5.74) is 7.88. The molecule has 106 valence electrons. The molecule has 1 aromatic carbocycles. The molecule has 0 saturated heterocycles. The van der Waals surface area contributed by atoms with Gasteiger partial charge in [-0.15, -0.1) is 0 Å². The molecule has 0 aromatic heterocycles. The largest absolute Gasteiger partial charge is 0.328 e. The van der Waals surface area contributed by atoms with Gasteiger partial charge in [-0.25, -0.2) is 0 Å². The molecule has 0 aliphatic carbocycles. The lowest BCUT2D eigenvalue weighted by atomic mass is 9.93. The Morgan fingerprint density at radius 1 is 1.16 bits per heavy atom. The summed E-state index contributed by atoms with van der Waals surface area (Å²) < 4.78 is 0. The molecule has 0 bridgehead atoms. The minimum atomic E-state index is 0.0933. The van der Waals surface area contributed by atoms with Crippen LogP contribution < -0.4 is 5.73 Å². The second-order valence-electron chi connectivity index (χ2n) is 5.62. The summed E-state index contributed by atoms with van der Waals surface area (Å²) in [5.74, 6) is 0.350. The van der Waals surface area contributed by atoms with Gasteiger partial charge < -0.3 is 5.73 Å². The van der Waals surface area contributed by atoms with Crippen LogP contribution in [-0.2, 0) is 6.42 Å². The molecule has 0 aliphatic heterocycles. The van der Waals surface area contributed by atoms with E-state index in [2.05, 4.69) is 19.1 Å². The van der Waals surface area contributed by atoms with E-state index in [4.69, 9.17) is 5.73 Å². The highest BCUT2D eigenvalue weighted by Gasteiger charge is 2.14. The van der Waals surface area contributed by atoms with Crippen LogP contribution in [0.4, 0.5) is 0 Å². The van der Waals surface area contributed by atoms with Gasteiger partial charge >= 0.3 is 0 Å². The molecule has 1 aromatic rings. The van der Waals surface area contributed by atoms with E-state index in [1.807, 2.05) is 26.0 Å². The monoisotopic (exact) mass is 261 g/mol. The molecule has 19 heavy (non-hydrogen) atoms. The standard InChI is InChI=1S/C17H27NO/c1-4-6-15-9-11-16(12-10-15)17(19)13(2)7-5-8-14(3)18/h9-14H,4-8,18H2,1-3H3. The van der Waals surface area contributed by atoms with Crippen LogP contribution in [0.3, 0.4) is 0 Å². The summed E-state index contributed by atoms with van der Waals surface area (Å²) in [6.07, 6.45) is 5.17. The highest BCUT2D eigenvalue weighted by molar-refractivity contribution is 5.97. The van der Waals surface area contributed by atoms with Gasteiger partial charge in [0.1, 0.15) is 0 Å². The molecule has 0 aliphatic rings. The molecular formula is C17H27NO.